The van der Waals surface area contributed by atoms with E-state index in [9.17, 15) is 28.9 Å². The Labute approximate surface area is 208 Å². The number of nitro benzene ring substituents is 1. The monoisotopic (exact) mass is 510 g/mol. The van der Waals surface area contributed by atoms with Crippen molar-refractivity contribution in [1.82, 2.24) is 5.43 Å². The highest BCUT2D eigenvalue weighted by Crippen LogP contribution is 2.36. The molecule has 2 N–H and O–H groups in total. The van der Waals surface area contributed by atoms with Crippen LogP contribution in [0.3, 0.4) is 0 Å². The van der Waals surface area contributed by atoms with Gasteiger partial charge in [0.1, 0.15) is 11.4 Å². The number of para-hydroxylation sites is 2. The first-order valence-corrected chi connectivity index (χ1v) is 10.7. The summed E-state index contributed by atoms with van der Waals surface area (Å²) in [6.07, 6.45) is 1.09. The Hall–Kier alpha value is -4.77. The van der Waals surface area contributed by atoms with E-state index in [0.29, 0.717) is 5.69 Å². The second-order valence-corrected chi connectivity index (χ2v) is 7.83. The highest BCUT2D eigenvalue weighted by molar-refractivity contribution is 6.32. The van der Waals surface area contributed by atoms with Crippen molar-refractivity contribution in [1.29, 1.82) is 0 Å². The van der Waals surface area contributed by atoms with Crippen LogP contribution in [-0.2, 0) is 14.4 Å². The standard InChI is InChI=1S/C24H16ClFN4O6/c25-15-10-14(11-17-23(32)28-29(24(17)33)16-6-2-1-3-7-16)22(20(12-15)30(34)35)36-13-21(31)27-19-9-5-4-8-18(19)26/h1-12H,13H2,(H,27,31)(H,28,32)/b17-11-. The average Bonchev–Trinajstić information content (AvgIpc) is 3.13. The van der Waals surface area contributed by atoms with Crippen molar-refractivity contribution in [2.75, 3.05) is 16.9 Å². The molecule has 1 heterocycles. The van der Waals surface area contributed by atoms with Gasteiger partial charge in [0, 0.05) is 16.7 Å². The number of rotatable bonds is 7. The maximum absolute atomic E-state index is 13.8. The highest BCUT2D eigenvalue weighted by Gasteiger charge is 2.35. The molecule has 0 unspecified atom stereocenters. The smallest absolute Gasteiger partial charge is 0.313 e. The minimum atomic E-state index is -0.798. The molecule has 1 fully saturated rings. The third-order valence-corrected chi connectivity index (χ3v) is 5.18. The molecule has 0 atom stereocenters. The van der Waals surface area contributed by atoms with Crippen LogP contribution in [0, 0.1) is 15.9 Å². The third kappa shape index (κ3) is 5.15. The van der Waals surface area contributed by atoms with E-state index in [2.05, 4.69) is 10.7 Å². The fourth-order valence-electron chi connectivity index (χ4n) is 3.36. The number of hydrogen-bond donors (Lipinski definition) is 2. The summed E-state index contributed by atoms with van der Waals surface area (Å²) in [6, 6.07) is 16.0. The number of nitrogens with one attached hydrogen (secondary N) is 2. The molecule has 0 radical (unpaired) electrons. The van der Waals surface area contributed by atoms with Crippen LogP contribution in [0.25, 0.3) is 6.08 Å². The summed E-state index contributed by atoms with van der Waals surface area (Å²) in [6.45, 7) is -0.733. The Balaban J connectivity index is 1.65. The van der Waals surface area contributed by atoms with Gasteiger partial charge in [0.15, 0.2) is 6.61 Å². The van der Waals surface area contributed by atoms with Crippen molar-refractivity contribution in [3.05, 3.63) is 98.8 Å². The Bertz CT molecular complexity index is 1410. The van der Waals surface area contributed by atoms with Crippen LogP contribution in [0.15, 0.2) is 72.3 Å². The van der Waals surface area contributed by atoms with Gasteiger partial charge in [-0.05, 0) is 36.4 Å². The number of hydrogen-bond acceptors (Lipinski definition) is 6. The molecule has 0 spiro atoms. The molecule has 3 aromatic carbocycles. The number of ether oxygens (including phenoxy) is 1. The summed E-state index contributed by atoms with van der Waals surface area (Å²) in [5.41, 5.74) is 1.69. The summed E-state index contributed by atoms with van der Waals surface area (Å²) < 4.78 is 19.2. The zero-order valence-corrected chi connectivity index (χ0v) is 19.0. The van der Waals surface area contributed by atoms with Gasteiger partial charge < -0.3 is 10.1 Å². The molecule has 10 nitrogen and oxygen atoms in total. The first-order valence-electron chi connectivity index (χ1n) is 10.3. The van der Waals surface area contributed by atoms with Gasteiger partial charge in [-0.15, -0.1) is 0 Å². The maximum atomic E-state index is 13.8. The molecule has 0 aliphatic carbocycles. The van der Waals surface area contributed by atoms with Crippen LogP contribution in [0.4, 0.5) is 21.5 Å². The van der Waals surface area contributed by atoms with Gasteiger partial charge in [-0.2, -0.15) is 0 Å². The Morgan fingerprint density at radius 3 is 2.53 bits per heavy atom. The molecule has 3 amide bonds. The number of carbonyl (C=O) groups excluding carboxylic acids is 3. The number of benzene rings is 3. The van der Waals surface area contributed by atoms with Crippen molar-refractivity contribution < 1.29 is 28.4 Å². The second-order valence-electron chi connectivity index (χ2n) is 7.39. The number of anilines is 2. The first kappa shape index (κ1) is 24.4. The molecule has 4 rings (SSSR count). The fourth-order valence-corrected chi connectivity index (χ4v) is 3.58. The number of nitrogens with zero attached hydrogens (tertiary/aromatic N) is 2. The van der Waals surface area contributed by atoms with Crippen LogP contribution in [0.5, 0.6) is 5.75 Å². The summed E-state index contributed by atoms with van der Waals surface area (Å²) in [5.74, 6) is -3.35. The van der Waals surface area contributed by atoms with E-state index in [-0.39, 0.29) is 21.8 Å². The molecule has 0 aromatic heterocycles. The van der Waals surface area contributed by atoms with Crippen LogP contribution < -0.4 is 20.5 Å². The van der Waals surface area contributed by atoms with Gasteiger partial charge in [0.05, 0.1) is 16.3 Å². The lowest BCUT2D eigenvalue weighted by Crippen LogP contribution is -2.35. The zero-order valence-electron chi connectivity index (χ0n) is 18.2. The Morgan fingerprint density at radius 2 is 1.83 bits per heavy atom. The van der Waals surface area contributed by atoms with E-state index in [0.717, 1.165) is 23.2 Å². The highest BCUT2D eigenvalue weighted by atomic mass is 35.5. The van der Waals surface area contributed by atoms with Gasteiger partial charge in [-0.1, -0.05) is 41.9 Å². The van der Waals surface area contributed by atoms with E-state index in [1.165, 1.54) is 24.3 Å². The van der Waals surface area contributed by atoms with E-state index in [1.54, 1.807) is 30.3 Å². The number of halogens is 2. The zero-order chi connectivity index (χ0) is 25.8. The van der Waals surface area contributed by atoms with E-state index in [4.69, 9.17) is 16.3 Å². The average molecular weight is 511 g/mol. The topological polar surface area (TPSA) is 131 Å². The predicted molar refractivity (Wildman–Crippen MR) is 129 cm³/mol. The number of nitro groups is 1. The number of carbonyl (C=O) groups is 3. The third-order valence-electron chi connectivity index (χ3n) is 4.96. The van der Waals surface area contributed by atoms with Gasteiger partial charge in [-0.3, -0.25) is 29.9 Å². The van der Waals surface area contributed by atoms with Crippen LogP contribution in [0.2, 0.25) is 5.02 Å². The lowest BCUT2D eigenvalue weighted by Gasteiger charge is -2.14. The van der Waals surface area contributed by atoms with E-state index in [1.807, 2.05) is 0 Å². The minimum absolute atomic E-state index is 0.0672. The molecule has 182 valence electrons. The second kappa shape index (κ2) is 10.2. The van der Waals surface area contributed by atoms with Crippen molar-refractivity contribution in [3.8, 4) is 5.75 Å². The predicted octanol–water partition coefficient (Wildman–Crippen LogP) is 3.87. The molecule has 0 saturated carbocycles. The Morgan fingerprint density at radius 1 is 1.14 bits per heavy atom. The van der Waals surface area contributed by atoms with Gasteiger partial charge in [-0.25, -0.2) is 9.40 Å². The van der Waals surface area contributed by atoms with E-state index >= 15 is 0 Å². The molecule has 36 heavy (non-hydrogen) atoms. The van der Waals surface area contributed by atoms with Crippen LogP contribution in [0.1, 0.15) is 5.56 Å². The van der Waals surface area contributed by atoms with Crippen LogP contribution >= 0.6 is 11.6 Å². The Kier molecular flexibility index (Phi) is 6.93. The van der Waals surface area contributed by atoms with Crippen molar-refractivity contribution in [2.45, 2.75) is 0 Å². The molecule has 1 aliphatic heterocycles. The van der Waals surface area contributed by atoms with Gasteiger partial charge >= 0.3 is 5.69 Å². The molecular formula is C24H16ClFN4O6. The molecular weight excluding hydrogens is 495 g/mol. The SMILES string of the molecule is O=C(COc1c(/C=C2/C(=O)NN(c3ccccc3)C2=O)cc(Cl)cc1[N+](=O)[O-])Nc1ccccc1F. The lowest BCUT2D eigenvalue weighted by atomic mass is 10.1. The fraction of sp³-hybridized carbons (Fsp3) is 0.0417. The van der Waals surface area contributed by atoms with Crippen LogP contribution in [-0.4, -0.2) is 29.3 Å². The molecule has 1 aliphatic rings. The first-order chi connectivity index (χ1) is 17.2. The molecule has 0 bridgehead atoms. The van der Waals surface area contributed by atoms with E-state index < -0.39 is 46.5 Å². The molecule has 3 aromatic rings. The van der Waals surface area contributed by atoms with Gasteiger partial charge in [0.25, 0.3) is 17.7 Å². The lowest BCUT2D eigenvalue weighted by molar-refractivity contribution is -0.385. The number of hydrazine groups is 1. The molecule has 12 heteroatoms. The summed E-state index contributed by atoms with van der Waals surface area (Å²) in [4.78, 5) is 48.6. The van der Waals surface area contributed by atoms with Crippen molar-refractivity contribution in [3.63, 3.8) is 0 Å². The number of amides is 3. The van der Waals surface area contributed by atoms with Crippen molar-refractivity contribution in [2.24, 2.45) is 0 Å². The largest absolute Gasteiger partial charge is 0.476 e. The maximum Gasteiger partial charge on any atom is 0.313 e. The van der Waals surface area contributed by atoms with Crippen molar-refractivity contribution >= 4 is 52.5 Å². The quantitative estimate of drug-likeness (QED) is 0.215. The summed E-state index contributed by atoms with van der Waals surface area (Å²) in [7, 11) is 0. The molecule has 1 saturated heterocycles. The summed E-state index contributed by atoms with van der Waals surface area (Å²) in [5, 5.41) is 14.9. The minimum Gasteiger partial charge on any atom is -0.476 e. The van der Waals surface area contributed by atoms with Gasteiger partial charge in [0.2, 0.25) is 5.75 Å². The normalized spacial score (nSPS) is 14.1. The summed E-state index contributed by atoms with van der Waals surface area (Å²) >= 11 is 6.03.